The molecule has 9 heteroatoms. The predicted molar refractivity (Wildman–Crippen MR) is 130 cm³/mol. The number of hydrazine groups is 1. The fourth-order valence-electron chi connectivity index (χ4n) is 4.64. The van der Waals surface area contributed by atoms with Crippen LogP contribution in [0.3, 0.4) is 0 Å². The highest BCUT2D eigenvalue weighted by atomic mass is 16.5. The Hall–Kier alpha value is -3.53. The molecule has 2 aliphatic rings. The van der Waals surface area contributed by atoms with Gasteiger partial charge in [-0.25, -0.2) is 10.0 Å². The summed E-state index contributed by atoms with van der Waals surface area (Å²) in [5.41, 5.74) is 4.42. The molecule has 1 saturated heterocycles. The Labute approximate surface area is 198 Å². The number of carbonyl (C=O) groups is 2. The fraction of sp³-hybridized carbons (Fsp3) is 0.320. The number of fused-ring (bicyclic) bond motifs is 3. The van der Waals surface area contributed by atoms with Gasteiger partial charge < -0.3 is 10.1 Å². The second-order valence-corrected chi connectivity index (χ2v) is 8.73. The molecule has 0 unspecified atom stereocenters. The van der Waals surface area contributed by atoms with E-state index < -0.39 is 0 Å². The van der Waals surface area contributed by atoms with Crippen molar-refractivity contribution >= 4 is 17.4 Å². The van der Waals surface area contributed by atoms with E-state index in [0.717, 1.165) is 43.1 Å². The minimum absolute atomic E-state index is 0.122. The Balaban J connectivity index is 1.34. The van der Waals surface area contributed by atoms with E-state index in [0.29, 0.717) is 34.7 Å². The first kappa shape index (κ1) is 22.3. The van der Waals surface area contributed by atoms with E-state index in [2.05, 4.69) is 30.4 Å². The van der Waals surface area contributed by atoms with Gasteiger partial charge in [-0.15, -0.1) is 0 Å². The lowest BCUT2D eigenvalue weighted by atomic mass is 10.0. The molecule has 1 fully saturated rings. The summed E-state index contributed by atoms with van der Waals surface area (Å²) in [7, 11) is 5.67. The fourth-order valence-corrected chi connectivity index (χ4v) is 4.64. The number of carbonyl (C=O) groups excluding carboxylic acids is 2. The van der Waals surface area contributed by atoms with Gasteiger partial charge in [-0.2, -0.15) is 5.10 Å². The van der Waals surface area contributed by atoms with E-state index in [1.165, 1.54) is 0 Å². The maximum Gasteiger partial charge on any atom is 0.238 e. The van der Waals surface area contributed by atoms with Crippen molar-refractivity contribution in [1.29, 1.82) is 0 Å². The van der Waals surface area contributed by atoms with Gasteiger partial charge in [0.25, 0.3) is 0 Å². The van der Waals surface area contributed by atoms with E-state index in [9.17, 15) is 9.59 Å². The summed E-state index contributed by atoms with van der Waals surface area (Å²) in [6, 6.07) is 12.9. The summed E-state index contributed by atoms with van der Waals surface area (Å²) >= 11 is 0. The number of piperazine rings is 1. The molecule has 0 bridgehead atoms. The average Bonchev–Trinajstić information content (AvgIpc) is 3.40. The lowest BCUT2D eigenvalue weighted by Crippen LogP contribution is -2.52. The smallest absolute Gasteiger partial charge is 0.238 e. The maximum atomic E-state index is 13.5. The molecule has 0 atom stereocenters. The molecule has 1 amide bonds. The average molecular weight is 461 g/mol. The number of hydrogen-bond acceptors (Lipinski definition) is 7. The Morgan fingerprint density at radius 2 is 1.82 bits per heavy atom. The zero-order valence-corrected chi connectivity index (χ0v) is 19.6. The van der Waals surface area contributed by atoms with Crippen LogP contribution in [0.25, 0.3) is 22.5 Å². The first-order chi connectivity index (χ1) is 16.5. The zero-order valence-electron chi connectivity index (χ0n) is 19.6. The number of aromatic amines is 1. The van der Waals surface area contributed by atoms with Crippen molar-refractivity contribution in [3.8, 4) is 28.3 Å². The van der Waals surface area contributed by atoms with Crippen LogP contribution in [-0.4, -0.2) is 90.7 Å². The second-order valence-electron chi connectivity index (χ2n) is 8.73. The highest BCUT2D eigenvalue weighted by Gasteiger charge is 2.35. The van der Waals surface area contributed by atoms with E-state index in [1.54, 1.807) is 13.2 Å². The van der Waals surface area contributed by atoms with Crippen molar-refractivity contribution in [3.63, 3.8) is 0 Å². The molecular formula is C25H28N6O3. The van der Waals surface area contributed by atoms with Crippen LogP contribution in [0.4, 0.5) is 5.69 Å². The van der Waals surface area contributed by atoms with Crippen molar-refractivity contribution in [2.45, 2.75) is 0 Å². The first-order valence-electron chi connectivity index (χ1n) is 11.3. The predicted octanol–water partition coefficient (Wildman–Crippen LogP) is 2.33. The third-order valence-corrected chi connectivity index (χ3v) is 6.47. The Kier molecular flexibility index (Phi) is 5.91. The van der Waals surface area contributed by atoms with Crippen LogP contribution in [0.5, 0.6) is 5.75 Å². The number of benzene rings is 2. The van der Waals surface area contributed by atoms with E-state index in [1.807, 2.05) is 50.5 Å². The molecule has 0 saturated carbocycles. The third-order valence-electron chi connectivity index (χ3n) is 6.47. The van der Waals surface area contributed by atoms with Gasteiger partial charge in [0, 0.05) is 51.4 Å². The van der Waals surface area contributed by atoms with Gasteiger partial charge >= 0.3 is 0 Å². The molecule has 9 nitrogen and oxygen atoms in total. The van der Waals surface area contributed by atoms with Crippen molar-refractivity contribution in [2.24, 2.45) is 0 Å². The number of methoxy groups -OCH3 is 1. The van der Waals surface area contributed by atoms with Gasteiger partial charge in [-0.1, -0.05) is 12.1 Å². The second kappa shape index (κ2) is 9.02. The van der Waals surface area contributed by atoms with Crippen LogP contribution >= 0.6 is 0 Å². The van der Waals surface area contributed by atoms with Gasteiger partial charge in [-0.3, -0.25) is 19.6 Å². The normalized spacial score (nSPS) is 15.9. The molecule has 0 radical (unpaired) electrons. The quantitative estimate of drug-likeness (QED) is 0.456. The minimum Gasteiger partial charge on any atom is -0.497 e. The number of ketones is 1. The summed E-state index contributed by atoms with van der Waals surface area (Å²) in [6.45, 7) is 3.70. The molecule has 176 valence electrons. The van der Waals surface area contributed by atoms with E-state index in [-0.39, 0.29) is 11.7 Å². The van der Waals surface area contributed by atoms with Gasteiger partial charge in [0.05, 0.1) is 36.2 Å². The summed E-state index contributed by atoms with van der Waals surface area (Å²) < 4.78 is 5.23. The van der Waals surface area contributed by atoms with E-state index >= 15 is 0 Å². The van der Waals surface area contributed by atoms with Gasteiger partial charge in [0.1, 0.15) is 11.4 Å². The minimum atomic E-state index is -0.139. The molecule has 2 aromatic carbocycles. The van der Waals surface area contributed by atoms with Crippen LogP contribution in [0.1, 0.15) is 15.9 Å². The number of ether oxygens (including phenoxy) is 1. The molecular weight excluding hydrogens is 432 g/mol. The van der Waals surface area contributed by atoms with Crippen molar-refractivity contribution in [1.82, 2.24) is 25.1 Å². The molecule has 3 aromatic rings. The number of rotatable bonds is 6. The Morgan fingerprint density at radius 1 is 1.09 bits per heavy atom. The molecule has 2 heterocycles. The van der Waals surface area contributed by atoms with Gasteiger partial charge in [0.2, 0.25) is 5.91 Å². The molecule has 1 aliphatic carbocycles. The number of nitrogens with zero attached hydrogens (tertiary/aromatic N) is 4. The highest BCUT2D eigenvalue weighted by Crippen LogP contribution is 2.43. The van der Waals surface area contributed by atoms with Crippen LogP contribution < -0.4 is 10.1 Å². The molecule has 34 heavy (non-hydrogen) atoms. The summed E-state index contributed by atoms with van der Waals surface area (Å²) in [5, 5.41) is 14.7. The van der Waals surface area contributed by atoms with Crippen LogP contribution in [0.15, 0.2) is 42.5 Å². The molecule has 5 rings (SSSR count). The Bertz CT molecular complexity index is 1230. The summed E-state index contributed by atoms with van der Waals surface area (Å²) in [5.74, 6) is 0.474. The third kappa shape index (κ3) is 3.98. The van der Waals surface area contributed by atoms with Crippen molar-refractivity contribution in [3.05, 3.63) is 53.6 Å². The standard InChI is InChI=1S/C25H28N6O3/c1-29(2)31-13-11-30(12-14-31)15-20(32)26-19-6-4-5-18-21(19)25(33)22-23(27-28-24(18)22)16-7-9-17(34-3)10-8-16/h4-10H,11-15H2,1-3H3,(H,26,32)(H,27,28). The summed E-state index contributed by atoms with van der Waals surface area (Å²) in [6.07, 6.45) is 0. The topological polar surface area (TPSA) is 93.8 Å². The lowest BCUT2D eigenvalue weighted by Gasteiger charge is -2.37. The van der Waals surface area contributed by atoms with Crippen LogP contribution in [-0.2, 0) is 4.79 Å². The van der Waals surface area contributed by atoms with Gasteiger partial charge in [-0.05, 0) is 30.3 Å². The molecule has 2 N–H and O–H groups in total. The first-order valence-corrected chi connectivity index (χ1v) is 11.3. The zero-order chi connectivity index (χ0) is 23.8. The van der Waals surface area contributed by atoms with Crippen molar-refractivity contribution in [2.75, 3.05) is 59.2 Å². The number of anilines is 1. The molecule has 1 aromatic heterocycles. The van der Waals surface area contributed by atoms with Crippen LogP contribution in [0, 0.1) is 0 Å². The highest BCUT2D eigenvalue weighted by molar-refractivity contribution is 6.27. The van der Waals surface area contributed by atoms with Gasteiger partial charge in [0.15, 0.2) is 5.78 Å². The number of hydrogen-bond donors (Lipinski definition) is 2. The number of amides is 1. The largest absolute Gasteiger partial charge is 0.497 e. The maximum absolute atomic E-state index is 13.5. The van der Waals surface area contributed by atoms with Crippen molar-refractivity contribution < 1.29 is 14.3 Å². The molecule has 1 aliphatic heterocycles. The number of aromatic nitrogens is 2. The number of H-pyrrole nitrogens is 1. The SMILES string of the molecule is COc1ccc(-c2n[nH]c3c2C(=O)c2c(NC(=O)CN4CCN(N(C)C)CC4)cccc2-3)cc1. The molecule has 0 spiro atoms. The monoisotopic (exact) mass is 460 g/mol. The van der Waals surface area contributed by atoms with E-state index in [4.69, 9.17) is 4.74 Å². The summed E-state index contributed by atoms with van der Waals surface area (Å²) in [4.78, 5) is 28.5. The van der Waals surface area contributed by atoms with Crippen LogP contribution in [0.2, 0.25) is 0 Å². The lowest BCUT2D eigenvalue weighted by molar-refractivity contribution is -0.118. The Morgan fingerprint density at radius 3 is 2.50 bits per heavy atom. The number of nitrogens with one attached hydrogen (secondary N) is 2.